The number of carbonyl (C=O) groups is 1. The van der Waals surface area contributed by atoms with E-state index in [2.05, 4.69) is 19.9 Å². The topological polar surface area (TPSA) is 57.7 Å². The Bertz CT molecular complexity index is 1490. The van der Waals surface area contributed by atoms with E-state index < -0.39 is 29.5 Å². The first kappa shape index (κ1) is 30.7. The number of aromatic nitrogens is 1. The van der Waals surface area contributed by atoms with Gasteiger partial charge in [0.15, 0.2) is 0 Å². The molecule has 1 N–H and O–H groups in total. The Morgan fingerprint density at radius 2 is 1.74 bits per heavy atom. The summed E-state index contributed by atoms with van der Waals surface area (Å²) in [6, 6.07) is 11.9. The average molecular weight is 625 g/mol. The van der Waals surface area contributed by atoms with Gasteiger partial charge in [-0.1, -0.05) is 42.0 Å². The van der Waals surface area contributed by atoms with Gasteiger partial charge in [0, 0.05) is 36.9 Å². The highest BCUT2D eigenvalue weighted by Gasteiger charge is 2.47. The molecule has 43 heavy (non-hydrogen) atoms. The van der Waals surface area contributed by atoms with Crippen molar-refractivity contribution in [3.63, 3.8) is 0 Å². The van der Waals surface area contributed by atoms with Crippen molar-refractivity contribution in [2.24, 2.45) is 0 Å². The van der Waals surface area contributed by atoms with Crippen LogP contribution in [-0.4, -0.2) is 48.5 Å². The summed E-state index contributed by atoms with van der Waals surface area (Å²) in [5.74, 6) is -0.297. The maximum absolute atomic E-state index is 13.6. The van der Waals surface area contributed by atoms with Gasteiger partial charge in [-0.05, 0) is 79.0 Å². The number of carbonyl (C=O) groups excluding carboxylic acids is 1. The minimum atomic E-state index is -4.75. The number of alkyl halides is 6. The number of likely N-dealkylation sites (tertiary alicyclic amines) is 1. The number of anilines is 1. The van der Waals surface area contributed by atoms with Gasteiger partial charge in [0.1, 0.15) is 10.9 Å². The molecule has 2 aliphatic rings. The number of benzene rings is 2. The molecule has 0 unspecified atom stereocenters. The lowest BCUT2D eigenvalue weighted by atomic mass is 9.74. The molecule has 1 fully saturated rings. The smallest absolute Gasteiger partial charge is 0.406 e. The Morgan fingerprint density at radius 3 is 2.40 bits per heavy atom. The zero-order chi connectivity index (χ0) is 30.8. The Morgan fingerprint density at radius 1 is 1.02 bits per heavy atom. The summed E-state index contributed by atoms with van der Waals surface area (Å²) in [5.41, 5.74) is 1.08. The van der Waals surface area contributed by atoms with Gasteiger partial charge in [0.2, 0.25) is 0 Å². The number of piperidine rings is 1. The van der Waals surface area contributed by atoms with Crippen molar-refractivity contribution in [2.45, 2.75) is 37.3 Å². The fourth-order valence-electron chi connectivity index (χ4n) is 5.57. The van der Waals surface area contributed by atoms with Crippen LogP contribution in [0.1, 0.15) is 35.1 Å². The molecule has 3 heterocycles. The molecular formula is C30H27ClF6N4O2. The first-order valence-corrected chi connectivity index (χ1v) is 13.8. The van der Waals surface area contributed by atoms with E-state index in [4.69, 9.17) is 11.6 Å². The number of urea groups is 1. The molecule has 1 spiro atoms. The van der Waals surface area contributed by atoms with E-state index >= 15 is 0 Å². The second-order valence-corrected chi connectivity index (χ2v) is 10.9. The van der Waals surface area contributed by atoms with Crippen LogP contribution in [0.5, 0.6) is 5.75 Å². The van der Waals surface area contributed by atoms with Crippen molar-refractivity contribution in [1.82, 2.24) is 15.2 Å². The van der Waals surface area contributed by atoms with E-state index in [1.54, 1.807) is 18.2 Å². The molecule has 3 aromatic rings. The summed E-state index contributed by atoms with van der Waals surface area (Å²) < 4.78 is 81.8. The fourth-order valence-corrected chi connectivity index (χ4v) is 5.77. The summed E-state index contributed by atoms with van der Waals surface area (Å²) in [5, 5.41) is 3.06. The Labute approximate surface area is 248 Å². The first-order chi connectivity index (χ1) is 20.3. The van der Waals surface area contributed by atoms with Crippen LogP contribution in [0.4, 0.5) is 36.8 Å². The second-order valence-electron chi connectivity index (χ2n) is 10.6. The third-order valence-corrected chi connectivity index (χ3v) is 7.94. The van der Waals surface area contributed by atoms with Crippen LogP contribution in [0.2, 0.25) is 5.15 Å². The van der Waals surface area contributed by atoms with Crippen LogP contribution in [0, 0.1) is 0 Å². The monoisotopic (exact) mass is 624 g/mol. The van der Waals surface area contributed by atoms with Crippen LogP contribution < -0.4 is 15.0 Å². The lowest BCUT2D eigenvalue weighted by molar-refractivity contribution is -0.274. The third kappa shape index (κ3) is 7.42. The predicted molar refractivity (Wildman–Crippen MR) is 150 cm³/mol. The molecular weight excluding hydrogens is 598 g/mol. The Kier molecular flexibility index (Phi) is 8.62. The molecule has 6 nitrogen and oxygen atoms in total. The molecule has 0 aliphatic carbocycles. The number of ether oxygens (including phenoxy) is 1. The molecule has 13 heteroatoms. The maximum atomic E-state index is 13.6. The average Bonchev–Trinajstić information content (AvgIpc) is 3.26. The van der Waals surface area contributed by atoms with Crippen LogP contribution in [0.25, 0.3) is 6.08 Å². The predicted octanol–water partition coefficient (Wildman–Crippen LogP) is 7.43. The van der Waals surface area contributed by atoms with E-state index in [1.165, 1.54) is 41.4 Å². The number of halogens is 7. The molecule has 0 radical (unpaired) electrons. The molecule has 1 aromatic heterocycles. The van der Waals surface area contributed by atoms with E-state index in [9.17, 15) is 31.1 Å². The zero-order valence-corrected chi connectivity index (χ0v) is 23.4. The lowest BCUT2D eigenvalue weighted by Crippen LogP contribution is -2.47. The largest absolute Gasteiger partial charge is 0.573 e. The van der Waals surface area contributed by atoms with E-state index in [0.29, 0.717) is 43.6 Å². The number of nitrogens with zero attached hydrogens (tertiary/aromatic N) is 3. The minimum Gasteiger partial charge on any atom is -0.406 e. The summed E-state index contributed by atoms with van der Waals surface area (Å²) in [7, 11) is 0. The number of nitrogens with one attached hydrogen (secondary N) is 1. The van der Waals surface area contributed by atoms with Crippen molar-refractivity contribution >= 4 is 29.4 Å². The van der Waals surface area contributed by atoms with E-state index in [1.807, 2.05) is 6.08 Å². The lowest BCUT2D eigenvalue weighted by Gasteiger charge is -2.39. The summed E-state index contributed by atoms with van der Waals surface area (Å²) in [6.45, 7) is 2.26. The van der Waals surface area contributed by atoms with Crippen molar-refractivity contribution < 1.29 is 35.9 Å². The number of amides is 2. The van der Waals surface area contributed by atoms with Gasteiger partial charge in [-0.25, -0.2) is 9.78 Å². The molecule has 2 aliphatic heterocycles. The molecule has 2 amide bonds. The van der Waals surface area contributed by atoms with Crippen molar-refractivity contribution in [3.05, 3.63) is 94.3 Å². The number of rotatable bonds is 6. The third-order valence-electron chi connectivity index (χ3n) is 7.73. The van der Waals surface area contributed by atoms with Gasteiger partial charge in [0.05, 0.1) is 5.56 Å². The molecule has 1 saturated heterocycles. The molecule has 2 aromatic carbocycles. The van der Waals surface area contributed by atoms with Crippen molar-refractivity contribution in [3.8, 4) is 5.75 Å². The number of fused-ring (bicyclic) bond motifs is 2. The molecule has 0 bridgehead atoms. The quantitative estimate of drug-likeness (QED) is 0.229. The van der Waals surface area contributed by atoms with E-state index in [0.717, 1.165) is 17.7 Å². The SMILES string of the molecule is O=C(NCc1ccnc(Cl)c1)N1CC2(CCN(C/C=C/c3ccc(OC(F)(F)F)cc3)CC2)c2ccc(C(F)(F)F)cc21. The van der Waals surface area contributed by atoms with Crippen LogP contribution in [0.3, 0.4) is 0 Å². The molecule has 5 rings (SSSR count). The standard InChI is InChI=1S/C30H27ClF6N4O2/c31-26-16-21(9-12-38-26)18-39-27(42)41-19-28(24-8-5-22(17-25(24)41)29(32,33)34)10-14-40(15-11-28)13-1-2-20-3-6-23(7-4-20)43-30(35,36)37/h1-9,12,16-17H,10-11,13-15,18-19H2,(H,39,42)/b2-1+. The van der Waals surface area contributed by atoms with E-state index in [-0.39, 0.29) is 29.7 Å². The van der Waals surface area contributed by atoms with Gasteiger partial charge in [0.25, 0.3) is 0 Å². The Balaban J connectivity index is 1.25. The number of pyridine rings is 1. The van der Waals surface area contributed by atoms with Crippen molar-refractivity contribution in [1.29, 1.82) is 0 Å². The maximum Gasteiger partial charge on any atom is 0.573 e. The minimum absolute atomic E-state index is 0.136. The highest BCUT2D eigenvalue weighted by molar-refractivity contribution is 6.29. The highest BCUT2D eigenvalue weighted by Crippen LogP contribution is 2.48. The number of hydrogen-bond acceptors (Lipinski definition) is 4. The highest BCUT2D eigenvalue weighted by atomic mass is 35.5. The summed E-state index contributed by atoms with van der Waals surface area (Å²) in [4.78, 5) is 20.8. The zero-order valence-electron chi connectivity index (χ0n) is 22.7. The fraction of sp³-hybridized carbons (Fsp3) is 0.333. The molecule has 0 saturated carbocycles. The molecule has 0 atom stereocenters. The summed E-state index contributed by atoms with van der Waals surface area (Å²) in [6.07, 6.45) is -2.83. The Hall–Kier alpha value is -3.77. The van der Waals surface area contributed by atoms with Gasteiger partial charge in [-0.3, -0.25) is 9.80 Å². The normalized spacial score (nSPS) is 17.0. The molecule has 228 valence electrons. The van der Waals surface area contributed by atoms with Gasteiger partial charge >= 0.3 is 18.6 Å². The number of hydrogen-bond donors (Lipinski definition) is 1. The first-order valence-electron chi connectivity index (χ1n) is 13.4. The van der Waals surface area contributed by atoms with Crippen LogP contribution in [-0.2, 0) is 18.1 Å². The van der Waals surface area contributed by atoms with Crippen LogP contribution >= 0.6 is 11.6 Å². The second kappa shape index (κ2) is 12.1. The summed E-state index contributed by atoms with van der Waals surface area (Å²) >= 11 is 5.92. The van der Waals surface area contributed by atoms with Crippen molar-refractivity contribution in [2.75, 3.05) is 31.1 Å². The van der Waals surface area contributed by atoms with Gasteiger partial charge in [-0.2, -0.15) is 13.2 Å². The van der Waals surface area contributed by atoms with Gasteiger partial charge in [-0.15, -0.1) is 13.2 Å². The van der Waals surface area contributed by atoms with Gasteiger partial charge < -0.3 is 10.1 Å². The van der Waals surface area contributed by atoms with Crippen LogP contribution in [0.15, 0.2) is 66.9 Å².